The molecule has 2 heterocycles. The van der Waals surface area contributed by atoms with Crippen LogP contribution in [0.5, 0.6) is 0 Å². The zero-order valence-electron chi connectivity index (χ0n) is 13.0. The van der Waals surface area contributed by atoms with Crippen LogP contribution in [-0.2, 0) is 16.0 Å². The number of amides is 2. The highest BCUT2D eigenvalue weighted by atomic mass is 16.2. The Morgan fingerprint density at radius 2 is 2.19 bits per heavy atom. The number of carbonyl (C=O) groups is 2. The Balaban J connectivity index is 1.99. The number of pyridine rings is 1. The van der Waals surface area contributed by atoms with E-state index in [0.717, 1.165) is 12.1 Å². The van der Waals surface area contributed by atoms with Gasteiger partial charge in [-0.15, -0.1) is 0 Å². The van der Waals surface area contributed by atoms with Gasteiger partial charge >= 0.3 is 0 Å². The van der Waals surface area contributed by atoms with E-state index in [9.17, 15) is 9.59 Å². The highest BCUT2D eigenvalue weighted by Crippen LogP contribution is 2.14. The van der Waals surface area contributed by atoms with Crippen molar-refractivity contribution < 1.29 is 9.59 Å². The molecule has 2 amide bonds. The van der Waals surface area contributed by atoms with Crippen molar-refractivity contribution in [3.63, 3.8) is 0 Å². The minimum atomic E-state index is -0.373. The lowest BCUT2D eigenvalue weighted by atomic mass is 10.1. The summed E-state index contributed by atoms with van der Waals surface area (Å²) >= 11 is 0. The largest absolute Gasteiger partial charge is 0.339 e. The van der Waals surface area contributed by atoms with Crippen LogP contribution in [0, 0.1) is 5.92 Å². The second-order valence-electron chi connectivity index (χ2n) is 5.98. The first kappa shape index (κ1) is 15.5. The fraction of sp³-hybridized carbons (Fsp3) is 0.562. The molecule has 1 fully saturated rings. The van der Waals surface area contributed by atoms with Crippen molar-refractivity contribution in [3.8, 4) is 0 Å². The number of aromatic nitrogens is 1. The molecule has 1 aromatic rings. The molecule has 0 bridgehead atoms. The predicted molar refractivity (Wildman–Crippen MR) is 80.5 cm³/mol. The van der Waals surface area contributed by atoms with Crippen molar-refractivity contribution in [2.24, 2.45) is 5.92 Å². The van der Waals surface area contributed by atoms with Gasteiger partial charge < -0.3 is 9.80 Å². The van der Waals surface area contributed by atoms with Gasteiger partial charge in [0.15, 0.2) is 0 Å². The average Bonchev–Trinajstić information content (AvgIpc) is 2.44. The Kier molecular flexibility index (Phi) is 4.94. The fourth-order valence-corrected chi connectivity index (χ4v) is 2.67. The summed E-state index contributed by atoms with van der Waals surface area (Å²) in [5.41, 5.74) is 0.881. The van der Waals surface area contributed by atoms with Crippen LogP contribution in [0.15, 0.2) is 24.5 Å². The van der Waals surface area contributed by atoms with Gasteiger partial charge in [-0.1, -0.05) is 19.9 Å². The van der Waals surface area contributed by atoms with Gasteiger partial charge in [0.1, 0.15) is 6.04 Å². The van der Waals surface area contributed by atoms with Crippen LogP contribution >= 0.6 is 0 Å². The van der Waals surface area contributed by atoms with Crippen LogP contribution < -0.4 is 0 Å². The maximum absolute atomic E-state index is 12.4. The zero-order valence-corrected chi connectivity index (χ0v) is 13.0. The first-order valence-electron chi connectivity index (χ1n) is 7.46. The molecule has 0 radical (unpaired) electrons. The molecule has 5 heteroatoms. The Hall–Kier alpha value is -1.91. The minimum absolute atomic E-state index is 0.00644. The summed E-state index contributed by atoms with van der Waals surface area (Å²) in [4.78, 5) is 32.3. The van der Waals surface area contributed by atoms with Crippen molar-refractivity contribution in [2.75, 3.05) is 19.6 Å². The molecule has 5 nitrogen and oxygen atoms in total. The van der Waals surface area contributed by atoms with Crippen LogP contribution in [-0.4, -0.2) is 52.3 Å². The van der Waals surface area contributed by atoms with E-state index in [1.54, 1.807) is 17.3 Å². The molecule has 0 spiro atoms. The third kappa shape index (κ3) is 3.80. The smallest absolute Gasteiger partial charge is 0.245 e. The highest BCUT2D eigenvalue weighted by Gasteiger charge is 2.34. The molecule has 1 atom stereocenters. The summed E-state index contributed by atoms with van der Waals surface area (Å²) in [6, 6.07) is 3.33. The molecular weight excluding hydrogens is 266 g/mol. The number of nitrogens with zero attached hydrogens (tertiary/aromatic N) is 3. The van der Waals surface area contributed by atoms with Crippen LogP contribution in [0.3, 0.4) is 0 Å². The van der Waals surface area contributed by atoms with E-state index in [2.05, 4.69) is 18.8 Å². The van der Waals surface area contributed by atoms with Gasteiger partial charge in [-0.25, -0.2) is 0 Å². The van der Waals surface area contributed by atoms with Crippen LogP contribution in [0.2, 0.25) is 0 Å². The summed E-state index contributed by atoms with van der Waals surface area (Å²) in [5.74, 6) is 0.487. The Bertz CT molecular complexity index is 502. The molecule has 1 saturated heterocycles. The number of hydrogen-bond donors (Lipinski definition) is 0. The maximum atomic E-state index is 12.4. The van der Waals surface area contributed by atoms with Crippen molar-refractivity contribution in [3.05, 3.63) is 30.1 Å². The highest BCUT2D eigenvalue weighted by molar-refractivity contribution is 5.89. The SMILES string of the molecule is CC(C)CN1CCN(C(=O)Cc2cccnc2)C(C)C1=O. The molecule has 2 rings (SSSR count). The molecule has 0 saturated carbocycles. The van der Waals surface area contributed by atoms with Gasteiger partial charge in [-0.2, -0.15) is 0 Å². The molecule has 1 aromatic heterocycles. The molecular formula is C16H23N3O2. The van der Waals surface area contributed by atoms with Crippen molar-refractivity contribution in [1.29, 1.82) is 0 Å². The van der Waals surface area contributed by atoms with Crippen LogP contribution in [0.25, 0.3) is 0 Å². The Morgan fingerprint density at radius 1 is 1.43 bits per heavy atom. The maximum Gasteiger partial charge on any atom is 0.245 e. The quantitative estimate of drug-likeness (QED) is 0.840. The second-order valence-corrected chi connectivity index (χ2v) is 5.98. The summed E-state index contributed by atoms with van der Waals surface area (Å²) in [5, 5.41) is 0. The van der Waals surface area contributed by atoms with Crippen LogP contribution in [0.1, 0.15) is 26.3 Å². The lowest BCUT2D eigenvalue weighted by molar-refractivity contribution is -0.150. The van der Waals surface area contributed by atoms with Gasteiger partial charge in [0.2, 0.25) is 11.8 Å². The molecule has 1 aliphatic rings. The Morgan fingerprint density at radius 3 is 2.81 bits per heavy atom. The lowest BCUT2D eigenvalue weighted by Crippen LogP contribution is -2.58. The topological polar surface area (TPSA) is 53.5 Å². The van der Waals surface area contributed by atoms with Crippen molar-refractivity contribution >= 4 is 11.8 Å². The summed E-state index contributed by atoms with van der Waals surface area (Å²) in [6.45, 7) is 8.00. The lowest BCUT2D eigenvalue weighted by Gasteiger charge is -2.39. The normalized spacial score (nSPS) is 19.2. The molecule has 114 valence electrons. The number of carbonyl (C=O) groups excluding carboxylic acids is 2. The number of rotatable bonds is 4. The van der Waals surface area contributed by atoms with E-state index in [4.69, 9.17) is 0 Å². The van der Waals surface area contributed by atoms with Gasteiger partial charge in [-0.05, 0) is 24.5 Å². The van der Waals surface area contributed by atoms with E-state index in [1.807, 2.05) is 24.0 Å². The van der Waals surface area contributed by atoms with E-state index in [1.165, 1.54) is 0 Å². The first-order chi connectivity index (χ1) is 9.99. The van der Waals surface area contributed by atoms with Gasteiger partial charge in [0.25, 0.3) is 0 Å². The van der Waals surface area contributed by atoms with Gasteiger partial charge in [0.05, 0.1) is 6.42 Å². The first-order valence-corrected chi connectivity index (χ1v) is 7.46. The monoisotopic (exact) mass is 289 g/mol. The van der Waals surface area contributed by atoms with E-state index in [0.29, 0.717) is 25.4 Å². The summed E-state index contributed by atoms with van der Waals surface area (Å²) in [7, 11) is 0. The minimum Gasteiger partial charge on any atom is -0.339 e. The molecule has 0 aliphatic carbocycles. The van der Waals surface area contributed by atoms with E-state index < -0.39 is 0 Å². The van der Waals surface area contributed by atoms with Crippen molar-refractivity contribution in [2.45, 2.75) is 33.2 Å². The van der Waals surface area contributed by atoms with Gasteiger partial charge in [0, 0.05) is 32.0 Å². The summed E-state index contributed by atoms with van der Waals surface area (Å²) in [6.07, 6.45) is 3.68. The average molecular weight is 289 g/mol. The van der Waals surface area contributed by atoms with Gasteiger partial charge in [-0.3, -0.25) is 14.6 Å². The Labute approximate surface area is 126 Å². The number of piperazine rings is 1. The van der Waals surface area contributed by atoms with Crippen molar-refractivity contribution in [1.82, 2.24) is 14.8 Å². The fourth-order valence-electron chi connectivity index (χ4n) is 2.67. The van der Waals surface area contributed by atoms with Crippen LogP contribution in [0.4, 0.5) is 0 Å². The standard InChI is InChI=1S/C16H23N3O2/c1-12(2)11-18-7-8-19(13(3)16(18)21)15(20)9-14-5-4-6-17-10-14/h4-6,10,12-13H,7-9,11H2,1-3H3. The molecule has 21 heavy (non-hydrogen) atoms. The molecule has 1 unspecified atom stereocenters. The number of hydrogen-bond acceptors (Lipinski definition) is 3. The molecule has 0 aromatic carbocycles. The third-order valence-electron chi connectivity index (χ3n) is 3.73. The zero-order chi connectivity index (χ0) is 15.4. The molecule has 1 aliphatic heterocycles. The summed E-state index contributed by atoms with van der Waals surface area (Å²) < 4.78 is 0. The third-order valence-corrected chi connectivity index (χ3v) is 3.73. The molecule has 0 N–H and O–H groups in total. The van der Waals surface area contributed by atoms with E-state index in [-0.39, 0.29) is 17.9 Å². The predicted octanol–water partition coefficient (Wildman–Crippen LogP) is 1.34. The second kappa shape index (κ2) is 6.70. The van der Waals surface area contributed by atoms with E-state index >= 15 is 0 Å².